The van der Waals surface area contributed by atoms with E-state index in [1.54, 1.807) is 34.5 Å². The Balaban J connectivity index is 1.41. The van der Waals surface area contributed by atoms with Crippen molar-refractivity contribution in [1.29, 1.82) is 0 Å². The third kappa shape index (κ3) is 3.55. The minimum Gasteiger partial charge on any atom is -0.358 e. The van der Waals surface area contributed by atoms with E-state index in [4.69, 9.17) is 0 Å². The second-order valence-electron chi connectivity index (χ2n) is 8.39. The van der Waals surface area contributed by atoms with E-state index < -0.39 is 10.0 Å². The lowest BCUT2D eigenvalue weighted by Gasteiger charge is -2.28. The van der Waals surface area contributed by atoms with E-state index in [-0.39, 0.29) is 10.1 Å². The molecule has 0 unspecified atom stereocenters. The third-order valence-electron chi connectivity index (χ3n) is 6.29. The molecule has 1 aliphatic rings. The first-order valence-electron chi connectivity index (χ1n) is 11.0. The number of anilines is 1. The molecule has 2 aromatic heterocycles. The number of rotatable bonds is 4. The van der Waals surface area contributed by atoms with Crippen molar-refractivity contribution in [3.63, 3.8) is 0 Å². The number of nitrogens with zero attached hydrogens (tertiary/aromatic N) is 1. The van der Waals surface area contributed by atoms with Crippen molar-refractivity contribution in [1.82, 2.24) is 9.88 Å². The van der Waals surface area contributed by atoms with E-state index in [1.807, 2.05) is 42.5 Å². The van der Waals surface area contributed by atoms with Crippen LogP contribution < -0.4 is 4.72 Å². The number of nitrogens with one attached hydrogen (secondary N) is 2. The number of thiophene rings is 1. The first-order chi connectivity index (χ1) is 16.5. The normalized spacial score (nSPS) is 13.8. The molecule has 34 heavy (non-hydrogen) atoms. The molecule has 0 bridgehead atoms. The Bertz CT molecular complexity index is 1650. The van der Waals surface area contributed by atoms with Crippen molar-refractivity contribution >= 4 is 54.6 Å². The van der Waals surface area contributed by atoms with Crippen LogP contribution in [0.3, 0.4) is 0 Å². The second kappa shape index (κ2) is 8.00. The summed E-state index contributed by atoms with van der Waals surface area (Å²) < 4.78 is 28.9. The highest BCUT2D eigenvalue weighted by atomic mass is 32.2. The van der Waals surface area contributed by atoms with E-state index >= 15 is 0 Å². The minimum atomic E-state index is -3.80. The molecule has 5 aromatic rings. The summed E-state index contributed by atoms with van der Waals surface area (Å²) in [5.74, 6) is -0.189. The summed E-state index contributed by atoms with van der Waals surface area (Å²) in [6.45, 7) is 1.03. The molecule has 2 N–H and O–H groups in total. The molecule has 3 heterocycles. The lowest BCUT2D eigenvalue weighted by atomic mass is 10.0. The number of aromatic nitrogens is 1. The summed E-state index contributed by atoms with van der Waals surface area (Å²) in [4.78, 5) is 19.1. The summed E-state index contributed by atoms with van der Waals surface area (Å²) >= 11 is 1.14. The molecular formula is C26H21N3O3S2. The lowest BCUT2D eigenvalue weighted by Crippen LogP contribution is -2.36. The standard InChI is InChI=1S/C26H21N3O3S2/c30-26(29-12-11-23-21(16-29)19-8-3-4-9-22(19)27-23)20-14-17-6-1-2-7-18(17)15-24(20)28-34(31,32)25-10-5-13-33-25/h1-10,13-15,27-28H,11-12,16H2. The molecule has 6 nitrogen and oxygen atoms in total. The molecule has 6 rings (SSSR count). The Kier molecular flexibility index (Phi) is 4.93. The average molecular weight is 488 g/mol. The summed E-state index contributed by atoms with van der Waals surface area (Å²) in [7, 11) is -3.80. The van der Waals surface area contributed by atoms with Crippen LogP contribution >= 0.6 is 11.3 Å². The van der Waals surface area contributed by atoms with Gasteiger partial charge in [-0.05, 0) is 40.4 Å². The van der Waals surface area contributed by atoms with Gasteiger partial charge in [0.05, 0.1) is 11.3 Å². The second-order valence-corrected chi connectivity index (χ2v) is 11.2. The van der Waals surface area contributed by atoms with Gasteiger partial charge < -0.3 is 9.88 Å². The van der Waals surface area contributed by atoms with Gasteiger partial charge in [-0.25, -0.2) is 8.42 Å². The number of benzene rings is 3. The highest BCUT2D eigenvalue weighted by molar-refractivity contribution is 7.94. The number of H-pyrrole nitrogens is 1. The first kappa shape index (κ1) is 20.9. The SMILES string of the molecule is O=C(c1cc2ccccc2cc1NS(=O)(=O)c1cccs1)N1CCc2[nH]c3ccccc3c2C1. The number of fused-ring (bicyclic) bond motifs is 4. The van der Waals surface area contributed by atoms with Gasteiger partial charge in [0.2, 0.25) is 0 Å². The maximum atomic E-state index is 13.8. The molecule has 0 saturated carbocycles. The Morgan fingerprint density at radius 2 is 1.74 bits per heavy atom. The van der Waals surface area contributed by atoms with Gasteiger partial charge in [-0.1, -0.05) is 48.5 Å². The van der Waals surface area contributed by atoms with E-state index in [0.717, 1.165) is 50.7 Å². The highest BCUT2D eigenvalue weighted by Gasteiger charge is 2.28. The van der Waals surface area contributed by atoms with Crippen molar-refractivity contribution in [2.24, 2.45) is 0 Å². The van der Waals surface area contributed by atoms with Gasteiger partial charge in [0, 0.05) is 41.7 Å². The Morgan fingerprint density at radius 1 is 0.971 bits per heavy atom. The number of para-hydroxylation sites is 1. The molecule has 8 heteroatoms. The summed E-state index contributed by atoms with van der Waals surface area (Å²) in [6, 6.07) is 22.5. The maximum Gasteiger partial charge on any atom is 0.271 e. The van der Waals surface area contributed by atoms with Crippen LogP contribution in [-0.4, -0.2) is 30.8 Å². The van der Waals surface area contributed by atoms with Gasteiger partial charge in [-0.2, -0.15) is 0 Å². The number of carbonyl (C=O) groups excluding carboxylic acids is 1. The highest BCUT2D eigenvalue weighted by Crippen LogP contribution is 2.32. The van der Waals surface area contributed by atoms with Gasteiger partial charge in [0.15, 0.2) is 0 Å². The van der Waals surface area contributed by atoms with E-state index in [0.29, 0.717) is 24.3 Å². The van der Waals surface area contributed by atoms with Crippen LogP contribution in [-0.2, 0) is 23.0 Å². The number of hydrogen-bond donors (Lipinski definition) is 2. The number of hydrogen-bond acceptors (Lipinski definition) is 4. The number of amides is 1. The molecule has 1 amide bonds. The van der Waals surface area contributed by atoms with Crippen LogP contribution in [0.4, 0.5) is 5.69 Å². The fourth-order valence-corrected chi connectivity index (χ4v) is 6.69. The molecule has 0 aliphatic carbocycles. The fourth-order valence-electron chi connectivity index (χ4n) is 4.62. The van der Waals surface area contributed by atoms with E-state index in [9.17, 15) is 13.2 Å². The van der Waals surface area contributed by atoms with Gasteiger partial charge >= 0.3 is 0 Å². The van der Waals surface area contributed by atoms with Crippen molar-refractivity contribution < 1.29 is 13.2 Å². The van der Waals surface area contributed by atoms with Gasteiger partial charge in [0.1, 0.15) is 4.21 Å². The van der Waals surface area contributed by atoms with Crippen LogP contribution in [0.15, 0.2) is 82.4 Å². The Hall–Kier alpha value is -3.62. The van der Waals surface area contributed by atoms with Gasteiger partial charge in [-0.3, -0.25) is 9.52 Å². The fraction of sp³-hybridized carbons (Fsp3) is 0.115. The average Bonchev–Trinajstić information content (AvgIpc) is 3.51. The first-order valence-corrected chi connectivity index (χ1v) is 13.3. The molecule has 1 aliphatic heterocycles. The van der Waals surface area contributed by atoms with Crippen LogP contribution in [0.2, 0.25) is 0 Å². The van der Waals surface area contributed by atoms with Crippen molar-refractivity contribution in [2.75, 3.05) is 11.3 Å². The van der Waals surface area contributed by atoms with Crippen LogP contribution in [0, 0.1) is 0 Å². The molecule has 0 spiro atoms. The van der Waals surface area contributed by atoms with Crippen LogP contribution in [0.1, 0.15) is 21.6 Å². The minimum absolute atomic E-state index is 0.189. The monoisotopic (exact) mass is 487 g/mol. The number of carbonyl (C=O) groups is 1. The van der Waals surface area contributed by atoms with Crippen molar-refractivity contribution in [2.45, 2.75) is 17.2 Å². The molecule has 170 valence electrons. The zero-order valence-electron chi connectivity index (χ0n) is 18.1. The maximum absolute atomic E-state index is 13.8. The summed E-state index contributed by atoms with van der Waals surface area (Å²) in [5.41, 5.74) is 3.99. The Morgan fingerprint density at radius 3 is 2.53 bits per heavy atom. The molecule has 0 fully saturated rings. The largest absolute Gasteiger partial charge is 0.358 e. The molecule has 0 radical (unpaired) electrons. The molecular weight excluding hydrogens is 466 g/mol. The third-order valence-corrected chi connectivity index (χ3v) is 9.05. The van der Waals surface area contributed by atoms with Crippen molar-refractivity contribution in [3.05, 3.63) is 95.0 Å². The lowest BCUT2D eigenvalue weighted by molar-refractivity contribution is 0.0736. The van der Waals surface area contributed by atoms with E-state index in [2.05, 4.69) is 15.8 Å². The van der Waals surface area contributed by atoms with Gasteiger partial charge in [0.25, 0.3) is 15.9 Å². The molecule has 0 atom stereocenters. The quantitative estimate of drug-likeness (QED) is 0.357. The van der Waals surface area contributed by atoms with E-state index in [1.165, 1.54) is 0 Å². The van der Waals surface area contributed by atoms with Gasteiger partial charge in [-0.15, -0.1) is 11.3 Å². The molecule has 0 saturated heterocycles. The number of aromatic amines is 1. The van der Waals surface area contributed by atoms with Crippen LogP contribution in [0.5, 0.6) is 0 Å². The zero-order valence-corrected chi connectivity index (χ0v) is 19.7. The molecule has 3 aromatic carbocycles. The Labute approximate surface area is 200 Å². The van der Waals surface area contributed by atoms with Crippen LogP contribution in [0.25, 0.3) is 21.7 Å². The predicted molar refractivity (Wildman–Crippen MR) is 136 cm³/mol. The number of sulfonamides is 1. The zero-order chi connectivity index (χ0) is 23.3. The van der Waals surface area contributed by atoms with Crippen molar-refractivity contribution in [3.8, 4) is 0 Å². The summed E-state index contributed by atoms with van der Waals surface area (Å²) in [5, 5.41) is 4.58. The topological polar surface area (TPSA) is 82.3 Å². The predicted octanol–water partition coefficient (Wildman–Crippen LogP) is 5.38. The smallest absolute Gasteiger partial charge is 0.271 e. The summed E-state index contributed by atoms with van der Waals surface area (Å²) in [6.07, 6.45) is 0.722.